The van der Waals surface area contributed by atoms with E-state index >= 15 is 0 Å². The Morgan fingerprint density at radius 2 is 2.00 bits per heavy atom. The molecule has 0 aliphatic carbocycles. The molecule has 1 aromatic carbocycles. The van der Waals surface area contributed by atoms with Gasteiger partial charge in [0.25, 0.3) is 0 Å². The number of nitrogens with one attached hydrogen (secondary N) is 1. The molecular formula is C12H16BrF2NO. The van der Waals surface area contributed by atoms with Gasteiger partial charge in [-0.25, -0.2) is 8.78 Å². The highest BCUT2D eigenvalue weighted by molar-refractivity contribution is 9.10. The van der Waals surface area contributed by atoms with E-state index in [-0.39, 0.29) is 22.7 Å². The fourth-order valence-corrected chi connectivity index (χ4v) is 1.81. The largest absolute Gasteiger partial charge is 0.377 e. The molecule has 96 valence electrons. The summed E-state index contributed by atoms with van der Waals surface area (Å²) in [6.45, 7) is 3.97. The minimum atomic E-state index is -0.586. The summed E-state index contributed by atoms with van der Waals surface area (Å²) in [4.78, 5) is 0. The highest BCUT2D eigenvalue weighted by Gasteiger charge is 2.21. The van der Waals surface area contributed by atoms with E-state index in [1.807, 2.05) is 13.8 Å². The minimum absolute atomic E-state index is 0.00234. The van der Waals surface area contributed by atoms with Crippen LogP contribution in [0, 0.1) is 11.6 Å². The molecule has 1 unspecified atom stereocenters. The second-order valence-electron chi connectivity index (χ2n) is 3.98. The molecule has 0 fully saturated rings. The fraction of sp³-hybridized carbons (Fsp3) is 0.500. The predicted octanol–water partition coefficient (Wildman–Crippen LogP) is 3.41. The number of rotatable bonds is 5. The summed E-state index contributed by atoms with van der Waals surface area (Å²) in [7, 11) is 1.65. The first-order valence-electron chi connectivity index (χ1n) is 5.39. The molecule has 0 saturated carbocycles. The first-order valence-corrected chi connectivity index (χ1v) is 6.19. The van der Waals surface area contributed by atoms with Crippen LogP contribution in [0.3, 0.4) is 0 Å². The Morgan fingerprint density at radius 1 is 1.35 bits per heavy atom. The Kier molecular flexibility index (Phi) is 5.49. The zero-order valence-electron chi connectivity index (χ0n) is 10.1. The van der Waals surface area contributed by atoms with Gasteiger partial charge in [-0.2, -0.15) is 0 Å². The SMILES string of the molecule is CNC(COC(C)C)c1c(F)ccc(Br)c1F. The molecule has 0 bridgehead atoms. The quantitative estimate of drug-likeness (QED) is 0.842. The summed E-state index contributed by atoms with van der Waals surface area (Å²) in [5.74, 6) is -1.16. The topological polar surface area (TPSA) is 21.3 Å². The van der Waals surface area contributed by atoms with Crippen LogP contribution in [0.4, 0.5) is 8.78 Å². The Labute approximate surface area is 108 Å². The van der Waals surface area contributed by atoms with Crippen molar-refractivity contribution in [2.75, 3.05) is 13.7 Å². The molecule has 0 aromatic heterocycles. The highest BCUT2D eigenvalue weighted by Crippen LogP contribution is 2.27. The summed E-state index contributed by atoms with van der Waals surface area (Å²) < 4.78 is 33.1. The molecule has 0 radical (unpaired) electrons. The lowest BCUT2D eigenvalue weighted by Crippen LogP contribution is -2.25. The number of halogens is 3. The number of benzene rings is 1. The first kappa shape index (κ1) is 14.5. The molecule has 17 heavy (non-hydrogen) atoms. The zero-order valence-corrected chi connectivity index (χ0v) is 11.6. The first-order chi connectivity index (χ1) is 7.97. The average molecular weight is 308 g/mol. The van der Waals surface area contributed by atoms with Crippen molar-refractivity contribution in [3.05, 3.63) is 33.8 Å². The molecule has 1 aromatic rings. The number of hydrogen-bond donors (Lipinski definition) is 1. The molecule has 0 heterocycles. The maximum atomic E-state index is 13.8. The lowest BCUT2D eigenvalue weighted by Gasteiger charge is -2.20. The third-order valence-corrected chi connectivity index (χ3v) is 2.99. The van der Waals surface area contributed by atoms with Crippen molar-refractivity contribution in [1.29, 1.82) is 0 Å². The normalized spacial score (nSPS) is 13.1. The van der Waals surface area contributed by atoms with Gasteiger partial charge in [-0.1, -0.05) is 0 Å². The van der Waals surface area contributed by atoms with Crippen LogP contribution in [-0.2, 0) is 4.74 Å². The summed E-state index contributed by atoms with van der Waals surface area (Å²) in [5, 5.41) is 2.86. The molecule has 1 N–H and O–H groups in total. The van der Waals surface area contributed by atoms with Gasteiger partial charge in [0.15, 0.2) is 0 Å². The molecule has 0 spiro atoms. The van der Waals surface area contributed by atoms with Crippen molar-refractivity contribution in [3.63, 3.8) is 0 Å². The van der Waals surface area contributed by atoms with Crippen LogP contribution in [0.1, 0.15) is 25.5 Å². The minimum Gasteiger partial charge on any atom is -0.377 e. The van der Waals surface area contributed by atoms with Gasteiger partial charge in [-0.15, -0.1) is 0 Å². The van der Waals surface area contributed by atoms with Crippen molar-refractivity contribution < 1.29 is 13.5 Å². The van der Waals surface area contributed by atoms with Crippen LogP contribution in [0.5, 0.6) is 0 Å². The van der Waals surface area contributed by atoms with E-state index in [2.05, 4.69) is 21.2 Å². The van der Waals surface area contributed by atoms with Crippen molar-refractivity contribution in [3.8, 4) is 0 Å². The van der Waals surface area contributed by atoms with Crippen molar-refractivity contribution in [2.24, 2.45) is 0 Å². The van der Waals surface area contributed by atoms with Crippen LogP contribution < -0.4 is 5.32 Å². The third-order valence-electron chi connectivity index (χ3n) is 2.37. The predicted molar refractivity (Wildman–Crippen MR) is 66.9 cm³/mol. The molecule has 0 aliphatic rings. The van der Waals surface area contributed by atoms with E-state index in [0.29, 0.717) is 0 Å². The lowest BCUT2D eigenvalue weighted by atomic mass is 10.1. The lowest BCUT2D eigenvalue weighted by molar-refractivity contribution is 0.0611. The van der Waals surface area contributed by atoms with Crippen LogP contribution in [0.25, 0.3) is 0 Å². The molecule has 1 atom stereocenters. The second-order valence-corrected chi connectivity index (χ2v) is 4.83. The summed E-state index contributed by atoms with van der Waals surface area (Å²) in [6.07, 6.45) is 0.0177. The monoisotopic (exact) mass is 307 g/mol. The summed E-state index contributed by atoms with van der Waals surface area (Å²) >= 11 is 3.05. The smallest absolute Gasteiger partial charge is 0.145 e. The maximum Gasteiger partial charge on any atom is 0.145 e. The fourth-order valence-electron chi connectivity index (χ4n) is 1.46. The number of ether oxygens (including phenoxy) is 1. The van der Waals surface area contributed by atoms with Gasteiger partial charge in [0, 0.05) is 5.56 Å². The van der Waals surface area contributed by atoms with E-state index in [1.54, 1.807) is 7.05 Å². The van der Waals surface area contributed by atoms with Gasteiger partial charge in [0.1, 0.15) is 11.6 Å². The van der Waals surface area contributed by atoms with Crippen LogP contribution in [0.15, 0.2) is 16.6 Å². The van der Waals surface area contributed by atoms with Crippen LogP contribution in [0.2, 0.25) is 0 Å². The van der Waals surface area contributed by atoms with Gasteiger partial charge < -0.3 is 10.1 Å². The summed E-state index contributed by atoms with van der Waals surface area (Å²) in [6, 6.07) is 2.08. The third kappa shape index (κ3) is 3.72. The molecule has 2 nitrogen and oxygen atoms in total. The van der Waals surface area contributed by atoms with Crippen molar-refractivity contribution in [1.82, 2.24) is 5.32 Å². The van der Waals surface area contributed by atoms with Gasteiger partial charge in [0.05, 0.1) is 23.2 Å². The van der Waals surface area contributed by atoms with E-state index in [4.69, 9.17) is 4.74 Å². The number of hydrogen-bond acceptors (Lipinski definition) is 2. The molecule has 0 amide bonds. The summed E-state index contributed by atoms with van der Waals surface area (Å²) in [5.41, 5.74) is 0.00234. The van der Waals surface area contributed by atoms with Gasteiger partial charge in [-0.05, 0) is 49.0 Å². The van der Waals surface area contributed by atoms with E-state index in [9.17, 15) is 8.78 Å². The maximum absolute atomic E-state index is 13.8. The van der Waals surface area contributed by atoms with Crippen molar-refractivity contribution in [2.45, 2.75) is 26.0 Å². The van der Waals surface area contributed by atoms with Gasteiger partial charge in [0.2, 0.25) is 0 Å². The zero-order chi connectivity index (χ0) is 13.0. The van der Waals surface area contributed by atoms with E-state index < -0.39 is 17.7 Å². The molecular weight excluding hydrogens is 292 g/mol. The average Bonchev–Trinajstić information content (AvgIpc) is 2.28. The van der Waals surface area contributed by atoms with Crippen molar-refractivity contribution >= 4 is 15.9 Å². The van der Waals surface area contributed by atoms with Gasteiger partial charge >= 0.3 is 0 Å². The Bertz CT molecular complexity index is 385. The molecule has 0 saturated heterocycles. The molecule has 1 rings (SSSR count). The Hall–Kier alpha value is -0.520. The van der Waals surface area contributed by atoms with Gasteiger partial charge in [-0.3, -0.25) is 0 Å². The highest BCUT2D eigenvalue weighted by atomic mass is 79.9. The van der Waals surface area contributed by atoms with E-state index in [0.717, 1.165) is 0 Å². The second kappa shape index (κ2) is 6.42. The molecule has 0 aliphatic heterocycles. The van der Waals surface area contributed by atoms with E-state index in [1.165, 1.54) is 12.1 Å². The van der Waals surface area contributed by atoms with Crippen LogP contribution in [-0.4, -0.2) is 19.8 Å². The number of likely N-dealkylation sites (N-methyl/N-ethyl adjacent to an activating group) is 1. The van der Waals surface area contributed by atoms with Crippen LogP contribution >= 0.6 is 15.9 Å². The Morgan fingerprint density at radius 3 is 2.53 bits per heavy atom. The molecule has 5 heteroatoms. The standard InChI is InChI=1S/C12H16BrF2NO/c1-7(2)17-6-10(16-3)11-9(14)5-4-8(13)12(11)15/h4-5,7,10,16H,6H2,1-3H3. The Balaban J connectivity index is 2.98.